The molecule has 0 aromatic heterocycles. The Morgan fingerprint density at radius 3 is 2.58 bits per heavy atom. The number of benzene rings is 2. The first-order valence-corrected chi connectivity index (χ1v) is 6.53. The molecular formula is C14H9BrClFO2. The highest BCUT2D eigenvalue weighted by Gasteiger charge is 2.18. The molecule has 2 aromatic carbocycles. The largest absolute Gasteiger partial charge is 0.496 e. The Hall–Kier alpha value is -1.39. The van der Waals surface area contributed by atoms with Gasteiger partial charge in [0.2, 0.25) is 0 Å². The van der Waals surface area contributed by atoms with E-state index in [-0.39, 0.29) is 11.3 Å². The zero-order valence-electron chi connectivity index (χ0n) is 9.91. The molecule has 19 heavy (non-hydrogen) atoms. The highest BCUT2D eigenvalue weighted by molar-refractivity contribution is 9.10. The summed E-state index contributed by atoms with van der Waals surface area (Å²) in [6.07, 6.45) is 0. The Balaban J connectivity index is 2.52. The molecule has 0 spiro atoms. The van der Waals surface area contributed by atoms with E-state index in [0.29, 0.717) is 16.3 Å². The SMILES string of the molecule is COc1ccc(F)cc1C(=O)c1ccc(Br)cc1Cl. The van der Waals surface area contributed by atoms with Gasteiger partial charge in [-0.25, -0.2) is 4.39 Å². The van der Waals surface area contributed by atoms with E-state index >= 15 is 0 Å². The summed E-state index contributed by atoms with van der Waals surface area (Å²) in [6.45, 7) is 0. The van der Waals surface area contributed by atoms with Crippen LogP contribution in [0.25, 0.3) is 0 Å². The highest BCUT2D eigenvalue weighted by Crippen LogP contribution is 2.27. The summed E-state index contributed by atoms with van der Waals surface area (Å²) < 4.78 is 19.1. The molecule has 0 N–H and O–H groups in total. The minimum absolute atomic E-state index is 0.145. The summed E-state index contributed by atoms with van der Waals surface area (Å²) >= 11 is 9.29. The summed E-state index contributed by atoms with van der Waals surface area (Å²) in [5, 5.41) is 0.297. The number of carbonyl (C=O) groups is 1. The number of hydrogen-bond acceptors (Lipinski definition) is 2. The van der Waals surface area contributed by atoms with Gasteiger partial charge >= 0.3 is 0 Å². The van der Waals surface area contributed by atoms with Gasteiger partial charge in [-0.05, 0) is 36.4 Å². The van der Waals surface area contributed by atoms with Gasteiger partial charge in [0.25, 0.3) is 0 Å². The van der Waals surface area contributed by atoms with E-state index in [4.69, 9.17) is 16.3 Å². The summed E-state index contributed by atoms with van der Waals surface area (Å²) in [7, 11) is 1.42. The lowest BCUT2D eigenvalue weighted by molar-refractivity contribution is 0.103. The third-order valence-corrected chi connectivity index (χ3v) is 3.39. The molecule has 0 unspecified atom stereocenters. The molecule has 0 amide bonds. The molecule has 0 fully saturated rings. The molecule has 2 nitrogen and oxygen atoms in total. The topological polar surface area (TPSA) is 26.3 Å². The van der Waals surface area contributed by atoms with Crippen LogP contribution in [0.2, 0.25) is 5.02 Å². The Labute approximate surface area is 123 Å². The third-order valence-electron chi connectivity index (χ3n) is 2.58. The number of ketones is 1. The molecule has 0 radical (unpaired) electrons. The standard InChI is InChI=1S/C14H9BrClFO2/c1-19-13-5-3-9(17)7-11(13)14(18)10-4-2-8(15)6-12(10)16/h2-7H,1H3. The van der Waals surface area contributed by atoms with E-state index in [2.05, 4.69) is 15.9 Å². The molecule has 0 saturated heterocycles. The van der Waals surface area contributed by atoms with Crippen LogP contribution in [0.3, 0.4) is 0 Å². The van der Waals surface area contributed by atoms with Crippen LogP contribution in [0.15, 0.2) is 40.9 Å². The lowest BCUT2D eigenvalue weighted by atomic mass is 10.0. The van der Waals surface area contributed by atoms with Gasteiger partial charge in [-0.15, -0.1) is 0 Å². The molecule has 2 rings (SSSR count). The normalized spacial score (nSPS) is 10.3. The van der Waals surface area contributed by atoms with Crippen LogP contribution in [0.4, 0.5) is 4.39 Å². The lowest BCUT2D eigenvalue weighted by Crippen LogP contribution is -2.05. The van der Waals surface area contributed by atoms with Crippen molar-refractivity contribution in [3.63, 3.8) is 0 Å². The average molecular weight is 344 g/mol. The van der Waals surface area contributed by atoms with Crippen molar-refractivity contribution in [1.29, 1.82) is 0 Å². The van der Waals surface area contributed by atoms with Crippen molar-refractivity contribution < 1.29 is 13.9 Å². The quantitative estimate of drug-likeness (QED) is 0.768. The first kappa shape index (κ1) is 14.0. The van der Waals surface area contributed by atoms with Crippen LogP contribution in [0.5, 0.6) is 5.75 Å². The van der Waals surface area contributed by atoms with Crippen LogP contribution >= 0.6 is 27.5 Å². The van der Waals surface area contributed by atoms with Gasteiger partial charge in [-0.2, -0.15) is 0 Å². The van der Waals surface area contributed by atoms with E-state index < -0.39 is 5.82 Å². The van der Waals surface area contributed by atoms with Crippen molar-refractivity contribution in [1.82, 2.24) is 0 Å². The van der Waals surface area contributed by atoms with E-state index in [1.807, 2.05) is 0 Å². The molecule has 0 saturated carbocycles. The van der Waals surface area contributed by atoms with Gasteiger partial charge in [0.05, 0.1) is 17.7 Å². The van der Waals surface area contributed by atoms with Crippen LogP contribution in [-0.2, 0) is 0 Å². The number of carbonyl (C=O) groups excluding carboxylic acids is 1. The first-order chi connectivity index (χ1) is 9.02. The molecule has 0 atom stereocenters. The molecule has 0 heterocycles. The summed E-state index contributed by atoms with van der Waals surface area (Å²) in [5.74, 6) is -0.573. The van der Waals surface area contributed by atoms with Crippen molar-refractivity contribution in [3.05, 3.63) is 62.8 Å². The predicted octanol–water partition coefficient (Wildman–Crippen LogP) is 4.48. The minimum atomic E-state index is -0.502. The maximum Gasteiger partial charge on any atom is 0.198 e. The van der Waals surface area contributed by atoms with Crippen LogP contribution in [-0.4, -0.2) is 12.9 Å². The van der Waals surface area contributed by atoms with Gasteiger partial charge < -0.3 is 4.74 Å². The second-order valence-electron chi connectivity index (χ2n) is 3.80. The van der Waals surface area contributed by atoms with Crippen molar-refractivity contribution >= 4 is 33.3 Å². The predicted molar refractivity (Wildman–Crippen MR) is 75.5 cm³/mol. The second-order valence-corrected chi connectivity index (χ2v) is 5.12. The van der Waals surface area contributed by atoms with Crippen molar-refractivity contribution in [3.8, 4) is 5.75 Å². The molecule has 98 valence electrons. The first-order valence-electron chi connectivity index (χ1n) is 5.36. The van der Waals surface area contributed by atoms with Crippen LogP contribution < -0.4 is 4.74 Å². The van der Waals surface area contributed by atoms with E-state index in [9.17, 15) is 9.18 Å². The molecule has 0 bridgehead atoms. The molecule has 0 aliphatic rings. The van der Waals surface area contributed by atoms with E-state index in [1.165, 1.54) is 19.2 Å². The van der Waals surface area contributed by atoms with Crippen molar-refractivity contribution in [2.45, 2.75) is 0 Å². The van der Waals surface area contributed by atoms with E-state index in [1.54, 1.807) is 18.2 Å². The number of rotatable bonds is 3. The third kappa shape index (κ3) is 2.96. The van der Waals surface area contributed by atoms with Gasteiger partial charge in [0, 0.05) is 10.0 Å². The Bertz CT molecular complexity index is 643. The zero-order chi connectivity index (χ0) is 14.0. The Morgan fingerprint density at radius 1 is 1.21 bits per heavy atom. The Kier molecular flexibility index (Phi) is 4.22. The molecule has 0 aliphatic heterocycles. The van der Waals surface area contributed by atoms with Crippen LogP contribution in [0.1, 0.15) is 15.9 Å². The Morgan fingerprint density at radius 2 is 1.95 bits per heavy atom. The smallest absolute Gasteiger partial charge is 0.198 e. The van der Waals surface area contributed by atoms with Crippen molar-refractivity contribution in [2.24, 2.45) is 0 Å². The van der Waals surface area contributed by atoms with Crippen LogP contribution in [0, 0.1) is 5.82 Å². The fourth-order valence-corrected chi connectivity index (χ4v) is 2.44. The second kappa shape index (κ2) is 5.72. The zero-order valence-corrected chi connectivity index (χ0v) is 12.3. The number of methoxy groups -OCH3 is 1. The molecule has 2 aromatic rings. The monoisotopic (exact) mass is 342 g/mol. The molecular weight excluding hydrogens is 335 g/mol. The van der Waals surface area contributed by atoms with Gasteiger partial charge in [0.15, 0.2) is 5.78 Å². The number of hydrogen-bond donors (Lipinski definition) is 0. The summed E-state index contributed by atoms with van der Waals surface area (Å²) in [5.41, 5.74) is 0.445. The fourth-order valence-electron chi connectivity index (χ4n) is 1.68. The van der Waals surface area contributed by atoms with Crippen molar-refractivity contribution in [2.75, 3.05) is 7.11 Å². The van der Waals surface area contributed by atoms with Gasteiger partial charge in [-0.3, -0.25) is 4.79 Å². The minimum Gasteiger partial charge on any atom is -0.496 e. The summed E-state index contributed by atoms with van der Waals surface area (Å²) in [6, 6.07) is 8.68. The van der Waals surface area contributed by atoms with E-state index in [0.717, 1.165) is 10.5 Å². The average Bonchev–Trinajstić information content (AvgIpc) is 2.38. The maximum absolute atomic E-state index is 13.3. The number of ether oxygens (including phenoxy) is 1. The maximum atomic E-state index is 13.3. The van der Waals surface area contributed by atoms with Gasteiger partial charge in [0.1, 0.15) is 11.6 Å². The highest BCUT2D eigenvalue weighted by atomic mass is 79.9. The summed E-state index contributed by atoms with van der Waals surface area (Å²) in [4.78, 5) is 12.4. The fraction of sp³-hybridized carbons (Fsp3) is 0.0714. The lowest BCUT2D eigenvalue weighted by Gasteiger charge is -2.09. The number of halogens is 3. The molecule has 5 heteroatoms. The molecule has 0 aliphatic carbocycles. The van der Waals surface area contributed by atoms with Gasteiger partial charge in [-0.1, -0.05) is 27.5 Å².